The number of hydrogen-bond acceptors (Lipinski definition) is 7. The second-order valence-corrected chi connectivity index (χ2v) is 8.60. The van der Waals surface area contributed by atoms with Crippen LogP contribution in [0.4, 0.5) is 0 Å². The molecule has 0 aromatic heterocycles. The molecule has 0 bridgehead atoms. The van der Waals surface area contributed by atoms with Crippen LogP contribution in [0, 0.1) is 0 Å². The van der Waals surface area contributed by atoms with Crippen LogP contribution >= 0.6 is 0 Å². The highest BCUT2D eigenvalue weighted by molar-refractivity contribution is 5.77. The van der Waals surface area contributed by atoms with Gasteiger partial charge in [0.05, 0.1) is 26.4 Å². The van der Waals surface area contributed by atoms with Gasteiger partial charge in [-0.05, 0) is 22.2 Å². The average molecular weight is 504 g/mol. The van der Waals surface area contributed by atoms with Gasteiger partial charge in [0.25, 0.3) is 0 Å². The number of carbonyl (C=O) groups is 1. The Morgan fingerprint density at radius 3 is 1.70 bits per heavy atom. The second kappa shape index (κ2) is 13.5. The van der Waals surface area contributed by atoms with Gasteiger partial charge in [0, 0.05) is 4.91 Å². The minimum atomic E-state index is -1.11. The number of hydrogen-bond donors (Lipinski definition) is 1. The van der Waals surface area contributed by atoms with Gasteiger partial charge in [0.15, 0.2) is 6.10 Å². The Hall–Kier alpha value is -3.72. The molecule has 192 valence electrons. The molecule has 1 aliphatic heterocycles. The van der Waals surface area contributed by atoms with Gasteiger partial charge in [0.2, 0.25) is 0 Å². The quantitative estimate of drug-likeness (QED) is 0.170. The van der Waals surface area contributed by atoms with Crippen LogP contribution in [0.3, 0.4) is 0 Å². The van der Waals surface area contributed by atoms with Crippen molar-refractivity contribution in [3.63, 3.8) is 0 Å². The molecule has 4 rings (SSSR count). The Bertz CT molecular complexity index is 1160. The lowest BCUT2D eigenvalue weighted by Gasteiger charge is -2.42. The zero-order chi connectivity index (χ0) is 25.9. The average Bonchev–Trinajstić information content (AvgIpc) is 2.95. The fourth-order valence-corrected chi connectivity index (χ4v) is 4.16. The predicted octanol–water partition coefficient (Wildman–Crippen LogP) is 4.34. The lowest BCUT2D eigenvalue weighted by molar-refractivity contribution is -0.236. The van der Waals surface area contributed by atoms with Gasteiger partial charge in [-0.2, -0.15) is 0 Å². The van der Waals surface area contributed by atoms with E-state index in [0.717, 1.165) is 16.7 Å². The Kier molecular flexibility index (Phi) is 9.65. The summed E-state index contributed by atoms with van der Waals surface area (Å²) in [5.41, 5.74) is 11.7. The summed E-state index contributed by atoms with van der Waals surface area (Å²) in [6.45, 7) is -0.00636. The summed E-state index contributed by atoms with van der Waals surface area (Å²) >= 11 is 0. The van der Waals surface area contributed by atoms with Crippen molar-refractivity contribution in [2.24, 2.45) is 5.11 Å². The third-order valence-corrected chi connectivity index (χ3v) is 6.04. The lowest BCUT2D eigenvalue weighted by Crippen LogP contribution is -2.61. The van der Waals surface area contributed by atoms with Crippen molar-refractivity contribution in [3.8, 4) is 0 Å². The molecule has 0 aliphatic carbocycles. The molecule has 5 atom stereocenters. The summed E-state index contributed by atoms with van der Waals surface area (Å²) in [7, 11) is 0. The van der Waals surface area contributed by atoms with Gasteiger partial charge in [-0.3, -0.25) is 0 Å². The first-order valence-electron chi connectivity index (χ1n) is 12.0. The minimum Gasteiger partial charge on any atom is -0.457 e. The summed E-state index contributed by atoms with van der Waals surface area (Å²) in [6.07, 6.45) is -3.97. The highest BCUT2D eigenvalue weighted by Gasteiger charge is 2.51. The van der Waals surface area contributed by atoms with E-state index >= 15 is 0 Å². The van der Waals surface area contributed by atoms with E-state index in [1.807, 2.05) is 91.0 Å². The minimum absolute atomic E-state index is 0.154. The summed E-state index contributed by atoms with van der Waals surface area (Å²) in [4.78, 5) is 16.0. The summed E-state index contributed by atoms with van der Waals surface area (Å²) < 4.78 is 24.3. The molecular formula is C28H29N3O6. The van der Waals surface area contributed by atoms with Crippen LogP contribution < -0.4 is 0 Å². The Balaban J connectivity index is 1.63. The van der Waals surface area contributed by atoms with Gasteiger partial charge >= 0.3 is 5.97 Å². The van der Waals surface area contributed by atoms with Crippen molar-refractivity contribution in [1.29, 1.82) is 0 Å². The van der Waals surface area contributed by atoms with E-state index in [1.54, 1.807) is 0 Å². The van der Waals surface area contributed by atoms with E-state index in [-0.39, 0.29) is 19.8 Å². The van der Waals surface area contributed by atoms with E-state index in [2.05, 4.69) is 10.0 Å². The van der Waals surface area contributed by atoms with Gasteiger partial charge in [-0.15, -0.1) is 0 Å². The topological polar surface area (TPSA) is 123 Å². The first-order valence-corrected chi connectivity index (χ1v) is 12.0. The maximum atomic E-state index is 13.2. The lowest BCUT2D eigenvalue weighted by atomic mass is 9.94. The highest BCUT2D eigenvalue weighted by atomic mass is 16.6. The number of rotatable bonds is 12. The number of esters is 1. The first kappa shape index (κ1) is 26.3. The van der Waals surface area contributed by atoms with Crippen LogP contribution in [-0.4, -0.2) is 48.1 Å². The maximum Gasteiger partial charge on any atom is 0.338 e. The molecule has 3 aromatic rings. The van der Waals surface area contributed by atoms with Crippen molar-refractivity contribution in [3.05, 3.63) is 118 Å². The summed E-state index contributed by atoms with van der Waals surface area (Å²) in [6, 6.07) is 27.4. The molecule has 0 spiro atoms. The number of carbonyl (C=O) groups excluding carboxylic acids is 1. The monoisotopic (exact) mass is 503 g/mol. The van der Waals surface area contributed by atoms with E-state index in [1.165, 1.54) is 0 Å². The SMILES string of the molecule is [N-]=[N+]=N[C@H](CO)[C@H]1OC(=O)[C@H](OCc2ccccc2)[C@@H](OCc2ccccc2)[C@@H]1OCc1ccccc1. The number of cyclic esters (lactones) is 1. The van der Waals surface area contributed by atoms with Crippen LogP contribution in [0.1, 0.15) is 16.7 Å². The van der Waals surface area contributed by atoms with Gasteiger partial charge in [-0.1, -0.05) is 96.1 Å². The molecule has 1 saturated heterocycles. The number of nitrogens with zero attached hydrogens (tertiary/aromatic N) is 3. The Labute approximate surface area is 215 Å². The molecule has 1 fully saturated rings. The molecule has 0 radical (unpaired) electrons. The molecule has 9 nitrogen and oxygen atoms in total. The van der Waals surface area contributed by atoms with Crippen LogP contribution in [0.2, 0.25) is 0 Å². The molecule has 9 heteroatoms. The van der Waals surface area contributed by atoms with Crippen molar-refractivity contribution in [2.75, 3.05) is 6.61 Å². The number of aliphatic hydroxyl groups excluding tert-OH is 1. The molecule has 1 N–H and O–H groups in total. The van der Waals surface area contributed by atoms with E-state index in [4.69, 9.17) is 24.5 Å². The Morgan fingerprint density at radius 2 is 1.24 bits per heavy atom. The van der Waals surface area contributed by atoms with Gasteiger partial charge in [0.1, 0.15) is 24.4 Å². The largest absolute Gasteiger partial charge is 0.457 e. The van der Waals surface area contributed by atoms with E-state index in [9.17, 15) is 9.90 Å². The molecule has 37 heavy (non-hydrogen) atoms. The fraction of sp³-hybridized carbons (Fsp3) is 0.321. The Morgan fingerprint density at radius 1 is 0.784 bits per heavy atom. The molecule has 1 heterocycles. The molecule has 0 amide bonds. The molecule has 0 unspecified atom stereocenters. The number of aliphatic hydroxyl groups is 1. The summed E-state index contributed by atoms with van der Waals surface area (Å²) in [5, 5.41) is 13.6. The predicted molar refractivity (Wildman–Crippen MR) is 135 cm³/mol. The van der Waals surface area contributed by atoms with Crippen molar-refractivity contribution in [1.82, 2.24) is 0 Å². The van der Waals surface area contributed by atoms with Crippen molar-refractivity contribution >= 4 is 5.97 Å². The maximum absolute atomic E-state index is 13.2. The van der Waals surface area contributed by atoms with Crippen LogP contribution in [-0.2, 0) is 43.6 Å². The second-order valence-electron chi connectivity index (χ2n) is 8.60. The zero-order valence-electron chi connectivity index (χ0n) is 20.2. The van der Waals surface area contributed by atoms with Crippen LogP contribution in [0.25, 0.3) is 10.4 Å². The van der Waals surface area contributed by atoms with Gasteiger partial charge < -0.3 is 24.1 Å². The molecule has 3 aromatic carbocycles. The van der Waals surface area contributed by atoms with Crippen molar-refractivity contribution in [2.45, 2.75) is 50.3 Å². The molecule has 1 aliphatic rings. The number of ether oxygens (including phenoxy) is 4. The van der Waals surface area contributed by atoms with Crippen LogP contribution in [0.15, 0.2) is 96.1 Å². The van der Waals surface area contributed by atoms with Crippen molar-refractivity contribution < 1.29 is 28.8 Å². The number of benzene rings is 3. The van der Waals surface area contributed by atoms with E-state index in [0.29, 0.717) is 0 Å². The smallest absolute Gasteiger partial charge is 0.338 e. The third-order valence-electron chi connectivity index (χ3n) is 6.04. The summed E-state index contributed by atoms with van der Waals surface area (Å²) in [5.74, 6) is -0.676. The zero-order valence-corrected chi connectivity index (χ0v) is 20.2. The molecular weight excluding hydrogens is 474 g/mol. The highest BCUT2D eigenvalue weighted by Crippen LogP contribution is 2.30. The van der Waals surface area contributed by atoms with Crippen LogP contribution in [0.5, 0.6) is 0 Å². The molecule has 0 saturated carbocycles. The van der Waals surface area contributed by atoms with E-state index < -0.39 is 43.0 Å². The third kappa shape index (κ3) is 7.16. The first-order chi connectivity index (χ1) is 18.2. The number of azide groups is 1. The van der Waals surface area contributed by atoms with Gasteiger partial charge in [-0.25, -0.2) is 4.79 Å². The fourth-order valence-electron chi connectivity index (χ4n) is 4.16. The normalized spacial score (nSPS) is 22.0. The standard InChI is InChI=1S/C28H29N3O6/c29-31-30-23(16-32)24-25(34-17-20-10-4-1-5-11-20)26(35-18-21-12-6-2-7-13-21)27(28(33)37-24)36-19-22-14-8-3-9-15-22/h1-15,23-27,32H,16-19H2/t23-,24-,25-,26+,27-/m1/s1.